The van der Waals surface area contributed by atoms with Gasteiger partial charge >= 0.3 is 6.01 Å². The number of hydrogen-bond acceptors (Lipinski definition) is 5. The molecule has 0 spiro atoms. The molecule has 0 radical (unpaired) electrons. The molecule has 26 heavy (non-hydrogen) atoms. The topological polar surface area (TPSA) is 45.4 Å². The van der Waals surface area contributed by atoms with Crippen molar-refractivity contribution in [2.45, 2.75) is 19.9 Å². The lowest BCUT2D eigenvalue weighted by Gasteiger charge is -2.33. The Morgan fingerprint density at radius 2 is 1.65 bits per heavy atom. The zero-order valence-corrected chi connectivity index (χ0v) is 15.1. The maximum atomic E-state index is 5.50. The van der Waals surface area contributed by atoms with Crippen LogP contribution in [0.15, 0.2) is 59.1 Å². The molecule has 0 unspecified atom stereocenters. The number of piperazine rings is 1. The highest BCUT2D eigenvalue weighted by Gasteiger charge is 2.21. The Bertz CT molecular complexity index is 838. The highest BCUT2D eigenvalue weighted by atomic mass is 16.5. The summed E-state index contributed by atoms with van der Waals surface area (Å²) >= 11 is 0. The second-order valence-corrected chi connectivity index (χ2v) is 6.85. The van der Waals surface area contributed by atoms with Gasteiger partial charge < -0.3 is 9.42 Å². The van der Waals surface area contributed by atoms with Crippen LogP contribution in [0.25, 0.3) is 0 Å². The number of nitrogens with zero attached hydrogens (tertiary/aromatic N) is 4. The van der Waals surface area contributed by atoms with Crippen molar-refractivity contribution < 1.29 is 4.52 Å². The molecule has 2 aromatic carbocycles. The molecule has 0 aliphatic carbocycles. The fourth-order valence-corrected chi connectivity index (χ4v) is 3.35. The molecule has 1 saturated heterocycles. The lowest BCUT2D eigenvalue weighted by Crippen LogP contribution is -2.46. The van der Waals surface area contributed by atoms with E-state index in [4.69, 9.17) is 4.52 Å². The third kappa shape index (κ3) is 3.94. The molecule has 0 amide bonds. The van der Waals surface area contributed by atoms with Crippen molar-refractivity contribution in [2.24, 2.45) is 0 Å². The average Bonchev–Trinajstić information content (AvgIpc) is 3.13. The molecule has 1 aromatic heterocycles. The summed E-state index contributed by atoms with van der Waals surface area (Å²) in [5, 5.41) is 4.14. The van der Waals surface area contributed by atoms with Gasteiger partial charge in [0.15, 0.2) is 5.82 Å². The Morgan fingerprint density at radius 1 is 0.923 bits per heavy atom. The molecular formula is C21H24N4O. The van der Waals surface area contributed by atoms with Crippen molar-refractivity contribution in [1.29, 1.82) is 0 Å². The van der Waals surface area contributed by atoms with Gasteiger partial charge in [0.25, 0.3) is 0 Å². The van der Waals surface area contributed by atoms with Crippen molar-refractivity contribution in [3.05, 3.63) is 77.1 Å². The number of rotatable bonds is 5. The minimum Gasteiger partial charge on any atom is -0.322 e. The zero-order chi connectivity index (χ0) is 17.8. The van der Waals surface area contributed by atoms with Crippen LogP contribution in [0.4, 0.5) is 6.01 Å². The fraction of sp³-hybridized carbons (Fsp3) is 0.333. The van der Waals surface area contributed by atoms with Gasteiger partial charge in [0.1, 0.15) is 0 Å². The van der Waals surface area contributed by atoms with Gasteiger partial charge in [0, 0.05) is 39.1 Å². The zero-order valence-electron chi connectivity index (χ0n) is 15.1. The van der Waals surface area contributed by atoms with Gasteiger partial charge in [-0.2, -0.15) is 4.98 Å². The standard InChI is InChI=1S/C21H24N4O/c1-17-7-5-6-10-19(17)16-24-11-13-25(14-12-24)21-22-20(23-26-21)15-18-8-3-2-4-9-18/h2-10H,11-16H2,1H3. The largest absolute Gasteiger partial charge is 0.324 e. The van der Waals surface area contributed by atoms with E-state index in [0.717, 1.165) is 38.5 Å². The molecule has 2 heterocycles. The number of aromatic nitrogens is 2. The molecule has 1 aliphatic heterocycles. The van der Waals surface area contributed by atoms with Crippen molar-refractivity contribution >= 4 is 6.01 Å². The van der Waals surface area contributed by atoms with Gasteiger partial charge in [0.05, 0.1) is 0 Å². The molecule has 5 nitrogen and oxygen atoms in total. The van der Waals surface area contributed by atoms with Gasteiger partial charge in [-0.1, -0.05) is 59.8 Å². The molecule has 0 atom stereocenters. The molecule has 0 N–H and O–H groups in total. The summed E-state index contributed by atoms with van der Waals surface area (Å²) < 4.78 is 5.50. The molecule has 134 valence electrons. The molecule has 1 fully saturated rings. The van der Waals surface area contributed by atoms with Crippen molar-refractivity contribution in [2.75, 3.05) is 31.1 Å². The Labute approximate surface area is 154 Å². The Morgan fingerprint density at radius 3 is 2.42 bits per heavy atom. The Kier molecular flexibility index (Phi) is 4.97. The highest BCUT2D eigenvalue weighted by Crippen LogP contribution is 2.17. The van der Waals surface area contributed by atoms with Crippen LogP contribution in [0.5, 0.6) is 0 Å². The summed E-state index contributed by atoms with van der Waals surface area (Å²) in [6, 6.07) is 19.5. The van der Waals surface area contributed by atoms with Crippen LogP contribution in [0, 0.1) is 6.92 Å². The van der Waals surface area contributed by atoms with E-state index in [-0.39, 0.29) is 0 Å². The molecule has 0 bridgehead atoms. The normalized spacial score (nSPS) is 15.3. The van der Waals surface area contributed by atoms with E-state index in [1.807, 2.05) is 18.2 Å². The van der Waals surface area contributed by atoms with Gasteiger partial charge in [-0.15, -0.1) is 0 Å². The average molecular weight is 348 g/mol. The second-order valence-electron chi connectivity index (χ2n) is 6.85. The van der Waals surface area contributed by atoms with Crippen LogP contribution in [0.1, 0.15) is 22.5 Å². The first kappa shape index (κ1) is 16.8. The maximum absolute atomic E-state index is 5.50. The smallest absolute Gasteiger partial charge is 0.322 e. The van der Waals surface area contributed by atoms with Gasteiger partial charge in [-0.25, -0.2) is 0 Å². The van der Waals surface area contributed by atoms with Crippen molar-refractivity contribution in [3.63, 3.8) is 0 Å². The summed E-state index contributed by atoms with van der Waals surface area (Å²) in [6.45, 7) is 7.02. The van der Waals surface area contributed by atoms with E-state index in [0.29, 0.717) is 12.4 Å². The Hall–Kier alpha value is -2.66. The number of anilines is 1. The molecule has 5 heteroatoms. The first-order valence-electron chi connectivity index (χ1n) is 9.16. The first-order valence-corrected chi connectivity index (χ1v) is 9.16. The lowest BCUT2D eigenvalue weighted by molar-refractivity contribution is 0.242. The summed E-state index contributed by atoms with van der Waals surface area (Å²) in [7, 11) is 0. The lowest BCUT2D eigenvalue weighted by atomic mass is 10.1. The predicted molar refractivity (Wildman–Crippen MR) is 102 cm³/mol. The maximum Gasteiger partial charge on any atom is 0.324 e. The quantitative estimate of drug-likeness (QED) is 0.708. The van der Waals surface area contributed by atoms with E-state index >= 15 is 0 Å². The van der Waals surface area contributed by atoms with Crippen molar-refractivity contribution in [1.82, 2.24) is 15.0 Å². The fourth-order valence-electron chi connectivity index (χ4n) is 3.35. The summed E-state index contributed by atoms with van der Waals surface area (Å²) in [4.78, 5) is 9.26. The minimum atomic E-state index is 0.645. The first-order chi connectivity index (χ1) is 12.8. The van der Waals surface area contributed by atoms with E-state index in [2.05, 4.69) is 63.3 Å². The predicted octanol–water partition coefficient (Wildman–Crippen LogP) is 3.29. The third-order valence-corrected chi connectivity index (χ3v) is 4.96. The summed E-state index contributed by atoms with van der Waals surface area (Å²) in [5.74, 6) is 0.744. The van der Waals surface area contributed by atoms with Gasteiger partial charge in [-0.05, 0) is 23.6 Å². The molecule has 3 aromatic rings. The molecular weight excluding hydrogens is 324 g/mol. The van der Waals surface area contributed by atoms with E-state index in [1.54, 1.807) is 0 Å². The van der Waals surface area contributed by atoms with Crippen LogP contribution in [-0.4, -0.2) is 41.2 Å². The van der Waals surface area contributed by atoms with Crippen LogP contribution in [0.2, 0.25) is 0 Å². The molecule has 1 aliphatic rings. The van der Waals surface area contributed by atoms with E-state index < -0.39 is 0 Å². The number of benzene rings is 2. The van der Waals surface area contributed by atoms with Gasteiger partial charge in [0.2, 0.25) is 0 Å². The number of hydrogen-bond donors (Lipinski definition) is 0. The molecule has 0 saturated carbocycles. The summed E-state index contributed by atoms with van der Waals surface area (Å²) in [6.07, 6.45) is 0.706. The van der Waals surface area contributed by atoms with Crippen LogP contribution in [0.3, 0.4) is 0 Å². The Balaban J connectivity index is 1.33. The monoisotopic (exact) mass is 348 g/mol. The van der Waals surface area contributed by atoms with Gasteiger partial charge in [-0.3, -0.25) is 4.90 Å². The summed E-state index contributed by atoms with van der Waals surface area (Å²) in [5.41, 5.74) is 3.96. The van der Waals surface area contributed by atoms with Crippen LogP contribution in [-0.2, 0) is 13.0 Å². The molecule has 4 rings (SSSR count). The van der Waals surface area contributed by atoms with Crippen LogP contribution < -0.4 is 4.90 Å². The highest BCUT2D eigenvalue weighted by molar-refractivity contribution is 5.29. The van der Waals surface area contributed by atoms with Crippen molar-refractivity contribution in [3.8, 4) is 0 Å². The number of aryl methyl sites for hydroxylation is 1. The van der Waals surface area contributed by atoms with Crippen LogP contribution >= 0.6 is 0 Å². The van der Waals surface area contributed by atoms with E-state index in [1.165, 1.54) is 16.7 Å². The second kappa shape index (κ2) is 7.70. The third-order valence-electron chi connectivity index (χ3n) is 4.96. The minimum absolute atomic E-state index is 0.645. The van der Waals surface area contributed by atoms with E-state index in [9.17, 15) is 0 Å². The SMILES string of the molecule is Cc1ccccc1CN1CCN(c2nc(Cc3ccccc3)no2)CC1.